The normalized spacial score (nSPS) is 18.0. The van der Waals surface area contributed by atoms with Crippen LogP contribution in [0.15, 0.2) is 66.9 Å². The molecule has 26 heavy (non-hydrogen) atoms. The van der Waals surface area contributed by atoms with Gasteiger partial charge in [-0.25, -0.2) is 0 Å². The molecule has 0 radical (unpaired) electrons. The number of H-pyrrole nitrogens is 1. The van der Waals surface area contributed by atoms with Crippen molar-refractivity contribution in [1.82, 2.24) is 15.1 Å². The minimum atomic E-state index is 0.578. The lowest BCUT2D eigenvalue weighted by atomic mass is 9.94. The first-order chi connectivity index (χ1) is 12.8. The molecule has 0 unspecified atom stereocenters. The number of nitrogens with one attached hydrogen (secondary N) is 1. The van der Waals surface area contributed by atoms with Crippen LogP contribution in [0.5, 0.6) is 0 Å². The molecular formula is C22H26N4. The highest BCUT2D eigenvalue weighted by molar-refractivity contribution is 5.62. The van der Waals surface area contributed by atoms with E-state index in [9.17, 15) is 0 Å². The highest BCUT2D eigenvalue weighted by Crippen LogP contribution is 2.27. The fourth-order valence-corrected chi connectivity index (χ4v) is 3.83. The van der Waals surface area contributed by atoms with E-state index >= 15 is 0 Å². The van der Waals surface area contributed by atoms with E-state index in [4.69, 9.17) is 0 Å². The van der Waals surface area contributed by atoms with E-state index in [1.165, 1.54) is 42.0 Å². The molecule has 1 aliphatic heterocycles. The molecule has 1 aliphatic rings. The second-order valence-electron chi connectivity index (χ2n) is 7.15. The third kappa shape index (κ3) is 3.81. The topological polar surface area (TPSA) is 35.2 Å². The highest BCUT2D eigenvalue weighted by Gasteiger charge is 2.22. The van der Waals surface area contributed by atoms with E-state index in [2.05, 4.69) is 87.7 Å². The number of aromatic nitrogens is 2. The number of hydrogen-bond acceptors (Lipinski definition) is 3. The minimum absolute atomic E-state index is 0.578. The van der Waals surface area contributed by atoms with Crippen molar-refractivity contribution in [3.05, 3.63) is 78.1 Å². The summed E-state index contributed by atoms with van der Waals surface area (Å²) in [5, 5.41) is 7.25. The molecule has 1 atom stereocenters. The van der Waals surface area contributed by atoms with E-state index in [1.54, 1.807) is 0 Å². The van der Waals surface area contributed by atoms with Gasteiger partial charge in [0.1, 0.15) is 0 Å². The molecule has 2 heterocycles. The van der Waals surface area contributed by atoms with Gasteiger partial charge in [0.25, 0.3) is 0 Å². The van der Waals surface area contributed by atoms with Gasteiger partial charge in [-0.05, 0) is 55.3 Å². The summed E-state index contributed by atoms with van der Waals surface area (Å²) in [6.45, 7) is 3.30. The van der Waals surface area contributed by atoms with Crippen LogP contribution in [-0.2, 0) is 6.54 Å². The number of nitrogens with zero attached hydrogens (tertiary/aromatic N) is 3. The molecule has 2 aromatic carbocycles. The first kappa shape index (κ1) is 16.9. The van der Waals surface area contributed by atoms with Crippen LogP contribution in [0.25, 0.3) is 0 Å². The molecular weight excluding hydrogens is 320 g/mol. The van der Waals surface area contributed by atoms with Crippen molar-refractivity contribution in [3.8, 4) is 0 Å². The Morgan fingerprint density at radius 1 is 1.04 bits per heavy atom. The monoisotopic (exact) mass is 346 g/mol. The van der Waals surface area contributed by atoms with Crippen LogP contribution in [0.3, 0.4) is 0 Å². The fourth-order valence-electron chi connectivity index (χ4n) is 3.83. The largest absolute Gasteiger partial charge is 0.345 e. The Morgan fingerprint density at radius 3 is 2.54 bits per heavy atom. The average Bonchev–Trinajstić information content (AvgIpc) is 3.24. The maximum atomic E-state index is 4.11. The standard InChI is InChI=1S/C22H26N4/c1-25(20-7-3-2-4-8-20)21-11-9-18(10-12-21)16-26-15-5-6-19(17-26)22-13-14-23-24-22/h2-4,7-14,19H,5-6,15-17H2,1H3,(H,23,24)/t19-/m1/s1. The molecule has 0 bridgehead atoms. The second kappa shape index (κ2) is 7.75. The van der Waals surface area contributed by atoms with Crippen LogP contribution >= 0.6 is 0 Å². The van der Waals surface area contributed by atoms with Crippen molar-refractivity contribution in [2.75, 3.05) is 25.0 Å². The number of rotatable bonds is 5. The lowest BCUT2D eigenvalue weighted by molar-refractivity contribution is 0.198. The van der Waals surface area contributed by atoms with Gasteiger partial charge in [-0.15, -0.1) is 0 Å². The van der Waals surface area contributed by atoms with Gasteiger partial charge in [-0.2, -0.15) is 5.10 Å². The molecule has 1 fully saturated rings. The van der Waals surface area contributed by atoms with Gasteiger partial charge in [0.05, 0.1) is 0 Å². The Bertz CT molecular complexity index is 796. The number of piperidine rings is 1. The van der Waals surface area contributed by atoms with Crippen molar-refractivity contribution < 1.29 is 0 Å². The number of benzene rings is 2. The molecule has 134 valence electrons. The smallest absolute Gasteiger partial charge is 0.0490 e. The van der Waals surface area contributed by atoms with Crippen LogP contribution in [-0.4, -0.2) is 35.2 Å². The lowest BCUT2D eigenvalue weighted by Gasteiger charge is -2.32. The number of aromatic amines is 1. The molecule has 0 spiro atoms. The van der Waals surface area contributed by atoms with Gasteiger partial charge in [-0.1, -0.05) is 30.3 Å². The van der Waals surface area contributed by atoms with E-state index in [1.807, 2.05) is 6.20 Å². The van der Waals surface area contributed by atoms with Crippen LogP contribution in [0.2, 0.25) is 0 Å². The second-order valence-corrected chi connectivity index (χ2v) is 7.15. The molecule has 4 nitrogen and oxygen atoms in total. The summed E-state index contributed by atoms with van der Waals surface area (Å²) in [5.41, 5.74) is 5.07. The zero-order valence-electron chi connectivity index (χ0n) is 15.3. The molecule has 0 saturated carbocycles. The molecule has 4 heteroatoms. The molecule has 4 rings (SSSR count). The summed E-state index contributed by atoms with van der Waals surface area (Å²) >= 11 is 0. The third-order valence-electron chi connectivity index (χ3n) is 5.34. The first-order valence-electron chi connectivity index (χ1n) is 9.39. The summed E-state index contributed by atoms with van der Waals surface area (Å²) in [7, 11) is 2.12. The van der Waals surface area contributed by atoms with E-state index in [0.717, 1.165) is 13.1 Å². The molecule has 0 amide bonds. The number of para-hydroxylation sites is 1. The zero-order valence-corrected chi connectivity index (χ0v) is 15.3. The number of hydrogen-bond donors (Lipinski definition) is 1. The van der Waals surface area contributed by atoms with Gasteiger partial charge in [0, 0.05) is 49.3 Å². The molecule has 1 saturated heterocycles. The van der Waals surface area contributed by atoms with E-state index < -0.39 is 0 Å². The summed E-state index contributed by atoms with van der Waals surface area (Å²) in [5.74, 6) is 0.578. The Hall–Kier alpha value is -2.59. The third-order valence-corrected chi connectivity index (χ3v) is 5.34. The zero-order chi connectivity index (χ0) is 17.8. The summed E-state index contributed by atoms with van der Waals surface area (Å²) in [6, 6.07) is 21.5. The number of likely N-dealkylation sites (tertiary alicyclic amines) is 1. The Labute approximate surface area is 155 Å². The van der Waals surface area contributed by atoms with Crippen LogP contribution in [0, 0.1) is 0 Å². The summed E-state index contributed by atoms with van der Waals surface area (Å²) < 4.78 is 0. The molecule has 0 aliphatic carbocycles. The minimum Gasteiger partial charge on any atom is -0.345 e. The van der Waals surface area contributed by atoms with Gasteiger partial charge in [0.2, 0.25) is 0 Å². The molecule has 3 aromatic rings. The first-order valence-corrected chi connectivity index (χ1v) is 9.39. The van der Waals surface area contributed by atoms with Gasteiger partial charge < -0.3 is 4.90 Å². The van der Waals surface area contributed by atoms with Crippen molar-refractivity contribution in [2.45, 2.75) is 25.3 Å². The molecule has 1 N–H and O–H groups in total. The van der Waals surface area contributed by atoms with Crippen molar-refractivity contribution >= 4 is 11.4 Å². The van der Waals surface area contributed by atoms with Gasteiger partial charge in [-0.3, -0.25) is 10.00 Å². The van der Waals surface area contributed by atoms with Crippen molar-refractivity contribution in [2.24, 2.45) is 0 Å². The van der Waals surface area contributed by atoms with Crippen molar-refractivity contribution in [3.63, 3.8) is 0 Å². The van der Waals surface area contributed by atoms with Crippen LogP contribution in [0.4, 0.5) is 11.4 Å². The highest BCUT2D eigenvalue weighted by atomic mass is 15.1. The SMILES string of the molecule is CN(c1ccccc1)c1ccc(CN2CCC[C@@H](c3ccn[nH]3)C2)cc1. The van der Waals surface area contributed by atoms with Crippen LogP contribution in [0.1, 0.15) is 30.0 Å². The number of anilines is 2. The van der Waals surface area contributed by atoms with E-state index in [0.29, 0.717) is 5.92 Å². The predicted octanol–water partition coefficient (Wildman–Crippen LogP) is 4.56. The maximum Gasteiger partial charge on any atom is 0.0490 e. The predicted molar refractivity (Wildman–Crippen MR) is 107 cm³/mol. The Kier molecular flexibility index (Phi) is 5.02. The Balaban J connectivity index is 1.39. The lowest BCUT2D eigenvalue weighted by Crippen LogP contribution is -2.34. The van der Waals surface area contributed by atoms with E-state index in [-0.39, 0.29) is 0 Å². The molecule has 1 aromatic heterocycles. The van der Waals surface area contributed by atoms with Crippen LogP contribution < -0.4 is 4.90 Å². The summed E-state index contributed by atoms with van der Waals surface area (Å²) in [6.07, 6.45) is 4.36. The Morgan fingerprint density at radius 2 is 1.81 bits per heavy atom. The maximum absolute atomic E-state index is 4.11. The summed E-state index contributed by atoms with van der Waals surface area (Å²) in [4.78, 5) is 4.78. The average molecular weight is 346 g/mol. The van der Waals surface area contributed by atoms with Gasteiger partial charge in [0.15, 0.2) is 0 Å². The quantitative estimate of drug-likeness (QED) is 0.736. The fraction of sp³-hybridized carbons (Fsp3) is 0.318. The van der Waals surface area contributed by atoms with Crippen molar-refractivity contribution in [1.29, 1.82) is 0 Å². The van der Waals surface area contributed by atoms with Gasteiger partial charge >= 0.3 is 0 Å².